The van der Waals surface area contributed by atoms with Gasteiger partial charge in [-0.25, -0.2) is 0 Å². The molecule has 1 aromatic carbocycles. The fraction of sp³-hybridized carbons (Fsp3) is 0.533. The number of fused-ring (bicyclic) bond motifs is 2. The summed E-state index contributed by atoms with van der Waals surface area (Å²) in [6.45, 7) is -0.461. The normalized spacial score (nSPS) is 32.5. The lowest BCUT2D eigenvalue weighted by Gasteiger charge is -2.47. The number of hydrogen-bond acceptors (Lipinski definition) is 6. The first-order chi connectivity index (χ1) is 10.4. The highest BCUT2D eigenvalue weighted by Crippen LogP contribution is 2.60. The van der Waals surface area contributed by atoms with Crippen LogP contribution in [0.3, 0.4) is 0 Å². The van der Waals surface area contributed by atoms with E-state index in [1.807, 2.05) is 0 Å². The molecule has 118 valence electrons. The molecule has 0 saturated heterocycles. The summed E-state index contributed by atoms with van der Waals surface area (Å²) >= 11 is 0. The Bertz CT molecular complexity index is 632. The molecule has 1 aliphatic heterocycles. The van der Waals surface area contributed by atoms with Crippen molar-refractivity contribution in [3.05, 3.63) is 39.9 Å². The van der Waals surface area contributed by atoms with Gasteiger partial charge in [0, 0.05) is 16.9 Å². The first-order valence-corrected chi connectivity index (χ1v) is 7.15. The van der Waals surface area contributed by atoms with Gasteiger partial charge in [0.05, 0.1) is 13.0 Å². The van der Waals surface area contributed by atoms with Crippen LogP contribution in [0.15, 0.2) is 24.3 Å². The van der Waals surface area contributed by atoms with Gasteiger partial charge in [0.15, 0.2) is 0 Å². The number of para-hydroxylation sites is 1. The van der Waals surface area contributed by atoms with Gasteiger partial charge in [-0.05, 0) is 18.9 Å². The third-order valence-electron chi connectivity index (χ3n) is 4.83. The zero-order valence-corrected chi connectivity index (χ0v) is 12.2. The summed E-state index contributed by atoms with van der Waals surface area (Å²) in [4.78, 5) is 23.2. The fourth-order valence-electron chi connectivity index (χ4n) is 3.91. The van der Waals surface area contributed by atoms with E-state index >= 15 is 0 Å². The number of aliphatic hydroxyl groups is 1. The van der Waals surface area contributed by atoms with E-state index in [2.05, 4.69) is 0 Å². The highest BCUT2D eigenvalue weighted by atomic mass is 16.6. The minimum Gasteiger partial charge on any atom is -0.468 e. The molecule has 7 nitrogen and oxygen atoms in total. The highest BCUT2D eigenvalue weighted by molar-refractivity contribution is 5.81. The molecule has 1 fully saturated rings. The molecule has 1 N–H and O–H groups in total. The van der Waals surface area contributed by atoms with Crippen LogP contribution in [0.4, 0.5) is 0 Å². The van der Waals surface area contributed by atoms with Gasteiger partial charge in [-0.15, -0.1) is 0 Å². The lowest BCUT2D eigenvalue weighted by molar-refractivity contribution is -0.489. The SMILES string of the molecule is COC(=O)[C@]12CCC[C@@]1(O)Oc1ccccc1[C@H]2C[N+](=O)[O-]. The van der Waals surface area contributed by atoms with Crippen LogP contribution in [0.25, 0.3) is 0 Å². The topological polar surface area (TPSA) is 98.9 Å². The maximum atomic E-state index is 12.5. The molecule has 2 aliphatic rings. The number of rotatable bonds is 3. The molecule has 3 atom stereocenters. The van der Waals surface area contributed by atoms with Crippen molar-refractivity contribution in [3.63, 3.8) is 0 Å². The van der Waals surface area contributed by atoms with E-state index < -0.39 is 34.6 Å². The Morgan fingerprint density at radius 1 is 1.50 bits per heavy atom. The monoisotopic (exact) mass is 307 g/mol. The van der Waals surface area contributed by atoms with Crippen molar-refractivity contribution in [1.82, 2.24) is 0 Å². The molecule has 22 heavy (non-hydrogen) atoms. The van der Waals surface area contributed by atoms with Crippen LogP contribution in [-0.2, 0) is 9.53 Å². The van der Waals surface area contributed by atoms with Crippen LogP contribution in [0, 0.1) is 15.5 Å². The van der Waals surface area contributed by atoms with E-state index in [-0.39, 0.29) is 6.42 Å². The van der Waals surface area contributed by atoms with Gasteiger partial charge >= 0.3 is 5.97 Å². The average Bonchev–Trinajstić information content (AvgIpc) is 2.83. The van der Waals surface area contributed by atoms with Gasteiger partial charge in [0.2, 0.25) is 12.3 Å². The molecule has 0 aromatic heterocycles. The van der Waals surface area contributed by atoms with E-state index in [0.29, 0.717) is 24.2 Å². The minimum atomic E-state index is -1.77. The van der Waals surface area contributed by atoms with Crippen molar-refractivity contribution in [2.24, 2.45) is 5.41 Å². The van der Waals surface area contributed by atoms with Gasteiger partial charge in [-0.2, -0.15) is 0 Å². The fourth-order valence-corrected chi connectivity index (χ4v) is 3.91. The maximum Gasteiger partial charge on any atom is 0.319 e. The van der Waals surface area contributed by atoms with E-state index in [1.165, 1.54) is 7.11 Å². The Labute approximate surface area is 127 Å². The lowest BCUT2D eigenvalue weighted by atomic mass is 9.65. The Hall–Kier alpha value is -2.15. The second kappa shape index (κ2) is 4.95. The van der Waals surface area contributed by atoms with Gasteiger partial charge in [0.1, 0.15) is 11.2 Å². The maximum absolute atomic E-state index is 12.5. The molecule has 1 aliphatic carbocycles. The molecule has 7 heteroatoms. The van der Waals surface area contributed by atoms with E-state index in [1.54, 1.807) is 24.3 Å². The van der Waals surface area contributed by atoms with Crippen molar-refractivity contribution in [2.45, 2.75) is 31.0 Å². The van der Waals surface area contributed by atoms with Gasteiger partial charge in [-0.1, -0.05) is 18.2 Å². The zero-order chi connectivity index (χ0) is 16.0. The van der Waals surface area contributed by atoms with Crippen LogP contribution in [0.2, 0.25) is 0 Å². The van der Waals surface area contributed by atoms with Gasteiger partial charge in [-0.3, -0.25) is 14.9 Å². The third-order valence-corrected chi connectivity index (χ3v) is 4.83. The number of carbonyl (C=O) groups excluding carboxylic acids is 1. The molecule has 1 saturated carbocycles. The number of methoxy groups -OCH3 is 1. The molecular formula is C15H17NO6. The molecule has 0 bridgehead atoms. The second-order valence-electron chi connectivity index (χ2n) is 5.81. The first kappa shape index (κ1) is 14.8. The number of benzene rings is 1. The Balaban J connectivity index is 2.22. The Kier molecular flexibility index (Phi) is 3.32. The smallest absolute Gasteiger partial charge is 0.319 e. The van der Waals surface area contributed by atoms with Crippen molar-refractivity contribution in [2.75, 3.05) is 13.7 Å². The Morgan fingerprint density at radius 2 is 2.23 bits per heavy atom. The van der Waals surface area contributed by atoms with Crippen LogP contribution < -0.4 is 4.74 Å². The van der Waals surface area contributed by atoms with Crippen LogP contribution in [-0.4, -0.2) is 35.4 Å². The quantitative estimate of drug-likeness (QED) is 0.516. The number of esters is 1. The van der Waals surface area contributed by atoms with Crippen molar-refractivity contribution < 1.29 is 24.3 Å². The summed E-state index contributed by atoms with van der Waals surface area (Å²) in [6.07, 6.45) is 1.07. The largest absolute Gasteiger partial charge is 0.468 e. The predicted octanol–water partition coefficient (Wildman–Crippen LogP) is 1.47. The van der Waals surface area contributed by atoms with Gasteiger partial charge in [0.25, 0.3) is 0 Å². The first-order valence-electron chi connectivity index (χ1n) is 7.15. The molecule has 1 aromatic rings. The average molecular weight is 307 g/mol. The van der Waals surface area contributed by atoms with E-state index in [4.69, 9.17) is 9.47 Å². The summed E-state index contributed by atoms with van der Waals surface area (Å²) in [7, 11) is 1.22. The van der Waals surface area contributed by atoms with E-state index in [9.17, 15) is 20.0 Å². The van der Waals surface area contributed by atoms with Crippen LogP contribution in [0.5, 0.6) is 5.75 Å². The molecule has 0 radical (unpaired) electrons. The van der Waals surface area contributed by atoms with Crippen molar-refractivity contribution in [3.8, 4) is 5.75 Å². The molecule has 3 rings (SSSR count). The number of carbonyl (C=O) groups is 1. The molecule has 0 amide bonds. The minimum absolute atomic E-state index is 0.241. The van der Waals surface area contributed by atoms with E-state index in [0.717, 1.165) is 0 Å². The third kappa shape index (κ3) is 1.81. The summed E-state index contributed by atoms with van der Waals surface area (Å²) in [5.74, 6) is -2.82. The zero-order valence-electron chi connectivity index (χ0n) is 12.2. The van der Waals surface area contributed by atoms with Gasteiger partial charge < -0.3 is 14.6 Å². The highest BCUT2D eigenvalue weighted by Gasteiger charge is 2.69. The summed E-state index contributed by atoms with van der Waals surface area (Å²) in [5.41, 5.74) is -0.875. The lowest BCUT2D eigenvalue weighted by Crippen LogP contribution is -2.60. The van der Waals surface area contributed by atoms with Crippen LogP contribution in [0.1, 0.15) is 30.7 Å². The van der Waals surface area contributed by atoms with Crippen LogP contribution >= 0.6 is 0 Å². The summed E-state index contributed by atoms with van der Waals surface area (Å²) < 4.78 is 10.6. The standard InChI is InChI=1S/C15H17NO6/c1-21-13(17)14-7-4-8-15(14,18)22-12-6-3-2-5-10(12)11(14)9-16(19)20/h2-3,5-6,11,18H,4,7-9H2,1H3/t11-,14-,15-/m1/s1. The number of nitrogens with zero attached hydrogens (tertiary/aromatic N) is 1. The predicted molar refractivity (Wildman–Crippen MR) is 74.9 cm³/mol. The van der Waals surface area contributed by atoms with Crippen molar-refractivity contribution in [1.29, 1.82) is 0 Å². The summed E-state index contributed by atoms with van der Waals surface area (Å²) in [5, 5.41) is 22.1. The number of ether oxygens (including phenoxy) is 2. The van der Waals surface area contributed by atoms with Crippen molar-refractivity contribution >= 4 is 5.97 Å². The summed E-state index contributed by atoms with van der Waals surface area (Å²) in [6, 6.07) is 6.82. The molecule has 0 unspecified atom stereocenters. The second-order valence-corrected chi connectivity index (χ2v) is 5.81. The Morgan fingerprint density at radius 3 is 2.91 bits per heavy atom. The number of nitro groups is 1. The number of hydrogen-bond donors (Lipinski definition) is 1. The molecular weight excluding hydrogens is 290 g/mol. The molecule has 0 spiro atoms. The molecule has 1 heterocycles.